The first-order valence-electron chi connectivity index (χ1n) is 7.37. The summed E-state index contributed by atoms with van der Waals surface area (Å²) in [6.45, 7) is 4.44. The summed E-state index contributed by atoms with van der Waals surface area (Å²) in [7, 11) is 1.72. The van der Waals surface area contributed by atoms with Gasteiger partial charge in [0, 0.05) is 13.6 Å². The van der Waals surface area contributed by atoms with Crippen LogP contribution in [0.4, 0.5) is 4.39 Å². The Hall–Kier alpha value is -1.63. The molecule has 2 aromatic carbocycles. The standard InChI is InChI=1S/C18H22FN3.HI/c1-13-9-10-16(11-17(13)19)14(2)22-18(20-3)21-12-15-7-5-4-6-8-15;/h4-11,14H,12H2,1-3H3,(H2,20,21,22);1H. The van der Waals surface area contributed by atoms with Crippen molar-refractivity contribution in [1.29, 1.82) is 0 Å². The third-order valence-electron chi connectivity index (χ3n) is 3.58. The summed E-state index contributed by atoms with van der Waals surface area (Å²) < 4.78 is 13.7. The molecule has 2 aromatic rings. The maximum absolute atomic E-state index is 13.7. The van der Waals surface area contributed by atoms with E-state index in [1.807, 2.05) is 31.2 Å². The summed E-state index contributed by atoms with van der Waals surface area (Å²) >= 11 is 0. The van der Waals surface area contributed by atoms with E-state index in [4.69, 9.17) is 0 Å². The molecule has 0 aliphatic heterocycles. The maximum atomic E-state index is 13.7. The van der Waals surface area contributed by atoms with Crippen LogP contribution in [0.15, 0.2) is 53.5 Å². The van der Waals surface area contributed by atoms with E-state index >= 15 is 0 Å². The number of hydrogen-bond acceptors (Lipinski definition) is 1. The highest BCUT2D eigenvalue weighted by atomic mass is 127. The van der Waals surface area contributed by atoms with Crippen LogP contribution in [0.5, 0.6) is 0 Å². The molecule has 3 nitrogen and oxygen atoms in total. The van der Waals surface area contributed by atoms with Crippen LogP contribution in [0.2, 0.25) is 0 Å². The molecule has 5 heteroatoms. The third kappa shape index (κ3) is 5.82. The zero-order chi connectivity index (χ0) is 15.9. The van der Waals surface area contributed by atoms with Crippen LogP contribution >= 0.6 is 24.0 Å². The van der Waals surface area contributed by atoms with Gasteiger partial charge in [0.15, 0.2) is 5.96 Å². The second-order valence-corrected chi connectivity index (χ2v) is 5.29. The smallest absolute Gasteiger partial charge is 0.191 e. The van der Waals surface area contributed by atoms with Crippen molar-refractivity contribution in [2.75, 3.05) is 7.05 Å². The average molecular weight is 427 g/mol. The first-order chi connectivity index (χ1) is 10.6. The third-order valence-corrected chi connectivity index (χ3v) is 3.58. The molecule has 0 aromatic heterocycles. The number of rotatable bonds is 4. The number of nitrogens with one attached hydrogen (secondary N) is 2. The Balaban J connectivity index is 0.00000264. The molecule has 0 radical (unpaired) electrons. The Morgan fingerprint density at radius 1 is 1.17 bits per heavy atom. The van der Waals surface area contributed by atoms with Gasteiger partial charge in [0.05, 0.1) is 6.04 Å². The summed E-state index contributed by atoms with van der Waals surface area (Å²) in [6.07, 6.45) is 0. The van der Waals surface area contributed by atoms with E-state index in [9.17, 15) is 4.39 Å². The van der Waals surface area contributed by atoms with Crippen LogP contribution in [-0.4, -0.2) is 13.0 Å². The van der Waals surface area contributed by atoms with Crippen molar-refractivity contribution < 1.29 is 4.39 Å². The lowest BCUT2D eigenvalue weighted by Crippen LogP contribution is -2.38. The molecule has 0 aliphatic rings. The lowest BCUT2D eigenvalue weighted by molar-refractivity contribution is 0.607. The van der Waals surface area contributed by atoms with E-state index in [0.29, 0.717) is 18.1 Å². The minimum atomic E-state index is -0.182. The normalized spacial score (nSPS) is 12.3. The fraction of sp³-hybridized carbons (Fsp3) is 0.278. The number of aryl methyl sites for hydroxylation is 1. The van der Waals surface area contributed by atoms with Crippen LogP contribution < -0.4 is 10.6 Å². The number of halogens is 2. The molecule has 0 amide bonds. The van der Waals surface area contributed by atoms with Gasteiger partial charge in [-0.1, -0.05) is 42.5 Å². The van der Waals surface area contributed by atoms with Crippen LogP contribution in [0, 0.1) is 12.7 Å². The molecule has 0 aliphatic carbocycles. The highest BCUT2D eigenvalue weighted by Crippen LogP contribution is 2.16. The Morgan fingerprint density at radius 3 is 2.48 bits per heavy atom. The van der Waals surface area contributed by atoms with Crippen LogP contribution in [0.1, 0.15) is 29.7 Å². The van der Waals surface area contributed by atoms with Gasteiger partial charge in [-0.05, 0) is 36.6 Å². The van der Waals surface area contributed by atoms with E-state index < -0.39 is 0 Å². The molecule has 0 bridgehead atoms. The summed E-state index contributed by atoms with van der Waals surface area (Å²) in [5.74, 6) is 0.510. The van der Waals surface area contributed by atoms with E-state index in [1.54, 1.807) is 26.1 Å². The molecule has 124 valence electrons. The number of benzene rings is 2. The molecule has 23 heavy (non-hydrogen) atoms. The van der Waals surface area contributed by atoms with E-state index in [0.717, 1.165) is 5.56 Å². The summed E-state index contributed by atoms with van der Waals surface area (Å²) in [6, 6.07) is 15.4. The number of nitrogens with zero attached hydrogens (tertiary/aromatic N) is 1. The fourth-order valence-electron chi connectivity index (χ4n) is 2.14. The van der Waals surface area contributed by atoms with Gasteiger partial charge in [-0.3, -0.25) is 4.99 Å². The molecule has 0 saturated heterocycles. The highest BCUT2D eigenvalue weighted by Gasteiger charge is 2.09. The average Bonchev–Trinajstić information content (AvgIpc) is 2.54. The Labute approximate surface area is 154 Å². The van der Waals surface area contributed by atoms with Gasteiger partial charge >= 0.3 is 0 Å². The Morgan fingerprint density at radius 2 is 1.87 bits per heavy atom. The molecular formula is C18H23FIN3. The van der Waals surface area contributed by atoms with E-state index in [2.05, 4.69) is 27.8 Å². The fourth-order valence-corrected chi connectivity index (χ4v) is 2.14. The van der Waals surface area contributed by atoms with Crippen molar-refractivity contribution in [2.45, 2.75) is 26.4 Å². The zero-order valence-electron chi connectivity index (χ0n) is 13.6. The van der Waals surface area contributed by atoms with Crippen molar-refractivity contribution in [3.63, 3.8) is 0 Å². The molecule has 0 spiro atoms. The monoisotopic (exact) mass is 427 g/mol. The van der Waals surface area contributed by atoms with Gasteiger partial charge in [0.2, 0.25) is 0 Å². The first kappa shape index (κ1) is 19.4. The van der Waals surface area contributed by atoms with Crippen molar-refractivity contribution >= 4 is 29.9 Å². The highest BCUT2D eigenvalue weighted by molar-refractivity contribution is 14.0. The van der Waals surface area contributed by atoms with E-state index in [1.165, 1.54) is 5.56 Å². The summed E-state index contributed by atoms with van der Waals surface area (Å²) in [4.78, 5) is 4.21. The molecule has 0 heterocycles. The first-order valence-corrected chi connectivity index (χ1v) is 7.37. The minimum Gasteiger partial charge on any atom is -0.352 e. The van der Waals surface area contributed by atoms with Gasteiger partial charge in [-0.15, -0.1) is 24.0 Å². The van der Waals surface area contributed by atoms with E-state index in [-0.39, 0.29) is 35.8 Å². The lowest BCUT2D eigenvalue weighted by atomic mass is 10.1. The number of aliphatic imine (C=N–C) groups is 1. The predicted molar refractivity (Wildman–Crippen MR) is 105 cm³/mol. The number of guanidine groups is 1. The topological polar surface area (TPSA) is 36.4 Å². The Bertz CT molecular complexity index is 644. The Kier molecular flexibility index (Phi) is 8.02. The van der Waals surface area contributed by atoms with Crippen molar-refractivity contribution in [1.82, 2.24) is 10.6 Å². The van der Waals surface area contributed by atoms with Crippen LogP contribution in [-0.2, 0) is 6.54 Å². The minimum absolute atomic E-state index is 0. The largest absolute Gasteiger partial charge is 0.352 e. The molecule has 1 atom stereocenters. The predicted octanol–water partition coefficient (Wildman–Crippen LogP) is 4.18. The maximum Gasteiger partial charge on any atom is 0.191 e. The van der Waals surface area contributed by atoms with Crippen LogP contribution in [0.3, 0.4) is 0 Å². The molecule has 2 rings (SSSR count). The van der Waals surface area contributed by atoms with Crippen LogP contribution in [0.25, 0.3) is 0 Å². The second kappa shape index (κ2) is 9.50. The molecular weight excluding hydrogens is 404 g/mol. The zero-order valence-corrected chi connectivity index (χ0v) is 16.0. The lowest BCUT2D eigenvalue weighted by Gasteiger charge is -2.18. The van der Waals surface area contributed by atoms with Gasteiger partial charge < -0.3 is 10.6 Å². The molecule has 2 N–H and O–H groups in total. The molecule has 0 saturated carbocycles. The quantitative estimate of drug-likeness (QED) is 0.437. The van der Waals surface area contributed by atoms with Crippen molar-refractivity contribution in [2.24, 2.45) is 4.99 Å². The summed E-state index contributed by atoms with van der Waals surface area (Å²) in [5.41, 5.74) is 2.73. The number of hydrogen-bond donors (Lipinski definition) is 2. The van der Waals surface area contributed by atoms with Gasteiger partial charge in [0.1, 0.15) is 5.82 Å². The van der Waals surface area contributed by atoms with Gasteiger partial charge in [-0.2, -0.15) is 0 Å². The second-order valence-electron chi connectivity index (χ2n) is 5.29. The summed E-state index contributed by atoms with van der Waals surface area (Å²) in [5, 5.41) is 6.53. The van der Waals surface area contributed by atoms with Crippen molar-refractivity contribution in [3.8, 4) is 0 Å². The van der Waals surface area contributed by atoms with Crippen molar-refractivity contribution in [3.05, 3.63) is 71.0 Å². The molecule has 0 fully saturated rings. The molecule has 1 unspecified atom stereocenters. The van der Waals surface area contributed by atoms with Gasteiger partial charge in [0.25, 0.3) is 0 Å². The van der Waals surface area contributed by atoms with Gasteiger partial charge in [-0.25, -0.2) is 4.39 Å². The SMILES string of the molecule is CN=C(NCc1ccccc1)NC(C)c1ccc(C)c(F)c1.I.